The normalized spacial score (nSPS) is 12.7. The van der Waals surface area contributed by atoms with E-state index in [2.05, 4.69) is 21.2 Å². The van der Waals surface area contributed by atoms with E-state index in [9.17, 15) is 19.5 Å². The van der Waals surface area contributed by atoms with Gasteiger partial charge in [0, 0.05) is 34.0 Å². The summed E-state index contributed by atoms with van der Waals surface area (Å²) in [6, 6.07) is 11.1. The lowest BCUT2D eigenvalue weighted by Crippen LogP contribution is -2.29. The first-order chi connectivity index (χ1) is 16.2. The van der Waals surface area contributed by atoms with Gasteiger partial charge in [-0.3, -0.25) is 20.1 Å². The van der Waals surface area contributed by atoms with E-state index >= 15 is 0 Å². The average Bonchev–Trinajstić information content (AvgIpc) is 2.81. The number of hydrogen-bond donors (Lipinski definition) is 4. The molecule has 0 fully saturated rings. The van der Waals surface area contributed by atoms with Gasteiger partial charge < -0.3 is 14.6 Å². The second kappa shape index (κ2) is 13.5. The van der Waals surface area contributed by atoms with E-state index in [4.69, 9.17) is 14.7 Å². The molecule has 0 aliphatic carbocycles. The summed E-state index contributed by atoms with van der Waals surface area (Å²) in [4.78, 5) is 35.4. The number of amides is 2. The molecular weight excluding hydrogens is 508 g/mol. The topological polar surface area (TPSA) is 134 Å². The first-order valence-electron chi connectivity index (χ1n) is 10.5. The van der Waals surface area contributed by atoms with Gasteiger partial charge in [-0.05, 0) is 69.2 Å². The number of phenols is 1. The molecule has 34 heavy (non-hydrogen) atoms. The van der Waals surface area contributed by atoms with E-state index in [0.717, 1.165) is 0 Å². The summed E-state index contributed by atoms with van der Waals surface area (Å²) in [5.41, 5.74) is 2.79. The summed E-state index contributed by atoms with van der Waals surface area (Å²) in [7, 11) is 0. The number of hydrogen-bond acceptors (Lipinski definition) is 7. The summed E-state index contributed by atoms with van der Waals surface area (Å²) < 4.78 is 12.2. The Balaban J connectivity index is 2.25. The van der Waals surface area contributed by atoms with Gasteiger partial charge in [0.05, 0.1) is 6.10 Å². The maximum Gasteiger partial charge on any atom is 0.412 e. The molecule has 0 spiro atoms. The fourth-order valence-electron chi connectivity index (χ4n) is 3.17. The molecule has 0 radical (unpaired) electrons. The van der Waals surface area contributed by atoms with Gasteiger partial charge in [0.2, 0.25) is 0 Å². The minimum atomic E-state index is -0.978. The van der Waals surface area contributed by atoms with Crippen LogP contribution in [-0.4, -0.2) is 40.8 Å². The van der Waals surface area contributed by atoms with Gasteiger partial charge in [-0.15, -0.1) is 0 Å². The molecule has 2 atom stereocenters. The molecule has 2 aromatic rings. The number of carbonyl (C=O) groups is 3. The third-order valence-corrected chi connectivity index (χ3v) is 5.28. The number of benzene rings is 2. The highest BCUT2D eigenvalue weighted by molar-refractivity contribution is 9.10. The standard InChI is InChI=1S/C24H27BrN2O7/c1-3-33-21(6-4-5-7-22(30)27-32)23(19-14-17(25)10-13-20(19)29)34-24(31)26-18-11-8-16(9-12-18)15(2)28/h5,7-14,21,23,29,32H,3-4,6H2,1-2H3,(H,26,31)(H,27,30)/b7-5+/t21-,23-/m1/s1. The number of Topliss-reactive ketones (excluding diaryl/α,β-unsaturated/α-hetero) is 1. The fourth-order valence-corrected chi connectivity index (χ4v) is 3.55. The number of hydroxylamine groups is 1. The molecule has 0 saturated carbocycles. The quantitative estimate of drug-likeness (QED) is 0.139. The molecule has 4 N–H and O–H groups in total. The predicted octanol–water partition coefficient (Wildman–Crippen LogP) is 4.89. The average molecular weight is 535 g/mol. The Morgan fingerprint density at radius 3 is 2.47 bits per heavy atom. The molecule has 2 amide bonds. The molecular formula is C24H27BrN2O7. The Labute approximate surface area is 205 Å². The third kappa shape index (κ3) is 8.29. The first-order valence-corrected chi connectivity index (χ1v) is 11.3. The molecule has 10 heteroatoms. The van der Waals surface area contributed by atoms with Gasteiger partial charge in [0.1, 0.15) is 5.75 Å². The maximum absolute atomic E-state index is 12.7. The van der Waals surface area contributed by atoms with Crippen LogP contribution >= 0.6 is 15.9 Å². The van der Waals surface area contributed by atoms with E-state index in [0.29, 0.717) is 40.7 Å². The number of allylic oxidation sites excluding steroid dienone is 1. The fraction of sp³-hybridized carbons (Fsp3) is 0.292. The monoisotopic (exact) mass is 534 g/mol. The van der Waals surface area contributed by atoms with Crippen molar-refractivity contribution in [1.82, 2.24) is 5.48 Å². The highest BCUT2D eigenvalue weighted by Crippen LogP contribution is 2.35. The van der Waals surface area contributed by atoms with Gasteiger partial charge in [-0.1, -0.05) is 22.0 Å². The van der Waals surface area contributed by atoms with Crippen LogP contribution in [0.3, 0.4) is 0 Å². The molecule has 9 nitrogen and oxygen atoms in total. The van der Waals surface area contributed by atoms with Crippen LogP contribution in [0.5, 0.6) is 5.75 Å². The van der Waals surface area contributed by atoms with Gasteiger partial charge in [0.25, 0.3) is 5.91 Å². The number of ether oxygens (including phenoxy) is 2. The Morgan fingerprint density at radius 1 is 1.15 bits per heavy atom. The number of nitrogens with one attached hydrogen (secondary N) is 2. The van der Waals surface area contributed by atoms with E-state index in [-0.39, 0.29) is 11.5 Å². The second-order valence-electron chi connectivity index (χ2n) is 7.24. The minimum absolute atomic E-state index is 0.0771. The van der Waals surface area contributed by atoms with Crippen molar-refractivity contribution < 1.29 is 34.2 Å². The largest absolute Gasteiger partial charge is 0.508 e. The molecule has 0 saturated heterocycles. The number of ketones is 1. The number of anilines is 1. The van der Waals surface area contributed by atoms with Gasteiger partial charge >= 0.3 is 6.09 Å². The number of halogens is 1. The van der Waals surface area contributed by atoms with Crippen molar-refractivity contribution in [1.29, 1.82) is 0 Å². The molecule has 0 aromatic heterocycles. The molecule has 0 unspecified atom stereocenters. The Hall–Kier alpha value is -3.21. The summed E-state index contributed by atoms with van der Waals surface area (Å²) in [6.45, 7) is 3.55. The number of rotatable bonds is 11. The number of phenolic OH excluding ortho intramolecular Hbond substituents is 1. The van der Waals surface area contributed by atoms with Crippen molar-refractivity contribution in [2.24, 2.45) is 0 Å². The zero-order valence-electron chi connectivity index (χ0n) is 18.8. The van der Waals surface area contributed by atoms with Crippen molar-refractivity contribution in [2.45, 2.75) is 38.9 Å². The summed E-state index contributed by atoms with van der Waals surface area (Å²) in [5.74, 6) is -0.836. The zero-order chi connectivity index (χ0) is 25.1. The minimum Gasteiger partial charge on any atom is -0.508 e. The van der Waals surface area contributed by atoms with E-state index in [1.807, 2.05) is 0 Å². The first kappa shape index (κ1) is 27.0. The van der Waals surface area contributed by atoms with Gasteiger partial charge in [-0.2, -0.15) is 0 Å². The Morgan fingerprint density at radius 2 is 1.85 bits per heavy atom. The van der Waals surface area contributed by atoms with Crippen LogP contribution < -0.4 is 10.8 Å². The molecule has 0 aliphatic heterocycles. The van der Waals surface area contributed by atoms with Crippen molar-refractivity contribution in [3.05, 3.63) is 70.2 Å². The number of carbonyl (C=O) groups excluding carboxylic acids is 3. The van der Waals surface area contributed by atoms with Crippen LogP contribution in [-0.2, 0) is 14.3 Å². The third-order valence-electron chi connectivity index (χ3n) is 4.78. The Kier molecular flexibility index (Phi) is 10.7. The molecule has 2 rings (SSSR count). The van der Waals surface area contributed by atoms with Crippen molar-refractivity contribution in [3.8, 4) is 5.75 Å². The van der Waals surface area contributed by atoms with Gasteiger partial charge in [0.15, 0.2) is 11.9 Å². The van der Waals surface area contributed by atoms with Crippen LogP contribution in [0.2, 0.25) is 0 Å². The molecule has 0 aliphatic rings. The highest BCUT2D eigenvalue weighted by Gasteiger charge is 2.30. The van der Waals surface area contributed by atoms with Crippen LogP contribution in [0, 0.1) is 0 Å². The lowest BCUT2D eigenvalue weighted by Gasteiger charge is -2.28. The second-order valence-corrected chi connectivity index (χ2v) is 8.15. The van der Waals surface area contributed by atoms with Crippen molar-refractivity contribution >= 4 is 39.4 Å². The van der Waals surface area contributed by atoms with E-state index in [1.165, 1.54) is 24.5 Å². The summed E-state index contributed by atoms with van der Waals surface area (Å²) in [5, 5.41) is 21.7. The van der Waals surface area contributed by atoms with E-state index < -0.39 is 24.2 Å². The van der Waals surface area contributed by atoms with E-state index in [1.54, 1.807) is 49.4 Å². The van der Waals surface area contributed by atoms with Crippen molar-refractivity contribution in [2.75, 3.05) is 11.9 Å². The molecule has 182 valence electrons. The Bertz CT molecular complexity index is 1020. The molecule has 0 heterocycles. The maximum atomic E-state index is 12.7. The van der Waals surface area contributed by atoms with Crippen LogP contribution in [0.4, 0.5) is 10.5 Å². The molecule has 0 bridgehead atoms. The molecule has 2 aromatic carbocycles. The lowest BCUT2D eigenvalue weighted by atomic mass is 9.99. The van der Waals surface area contributed by atoms with Crippen molar-refractivity contribution in [3.63, 3.8) is 0 Å². The SMILES string of the molecule is CCO[C@H](CC/C=C/C(=O)NO)[C@H](OC(=O)Nc1ccc(C(C)=O)cc1)c1cc(Br)ccc1O. The predicted molar refractivity (Wildman–Crippen MR) is 129 cm³/mol. The van der Waals surface area contributed by atoms with Crippen LogP contribution in [0.15, 0.2) is 59.1 Å². The van der Waals surface area contributed by atoms with Gasteiger partial charge in [-0.25, -0.2) is 10.3 Å². The number of aromatic hydroxyl groups is 1. The summed E-state index contributed by atoms with van der Waals surface area (Å²) in [6.07, 6.45) is 1.03. The van der Waals surface area contributed by atoms with Crippen LogP contribution in [0.25, 0.3) is 0 Å². The summed E-state index contributed by atoms with van der Waals surface area (Å²) >= 11 is 3.36. The lowest BCUT2D eigenvalue weighted by molar-refractivity contribution is -0.124. The zero-order valence-corrected chi connectivity index (χ0v) is 20.4. The highest BCUT2D eigenvalue weighted by atomic mass is 79.9. The van der Waals surface area contributed by atoms with Crippen LogP contribution in [0.1, 0.15) is 48.7 Å². The smallest absolute Gasteiger partial charge is 0.412 e.